The molecular weight excluding hydrogens is 530 g/mol. The number of nitrogen functional groups attached to an aromatic ring is 1. The molecule has 0 spiro atoms. The van der Waals surface area contributed by atoms with E-state index in [9.17, 15) is 9.18 Å². The standard InChI is InChI=1S/C23H22F2N8O3.C2H4O2/c1-35-15-11-16(19(25)17(12-15)36-10-8-24)20(29-14-6-4-13(5-7-14)21(26)27)22-30-23(34)33(32-22)18-3-2-9-28-31-18;1-2(3)4/h2-7,9,11-12,20,29H,8,10H2,1H3,(H3,26,27)(H,30,32,34);1H3,(H,3,4). The predicted octanol–water partition coefficient (Wildman–Crippen LogP) is 2.42. The van der Waals surface area contributed by atoms with Crippen LogP contribution in [0.2, 0.25) is 0 Å². The Morgan fingerprint density at radius 1 is 1.27 bits per heavy atom. The lowest BCUT2D eigenvalue weighted by Gasteiger charge is -2.21. The molecular formula is C25H26F2N8O5. The van der Waals surface area contributed by atoms with Crippen LogP contribution in [0.15, 0.2) is 59.5 Å². The van der Waals surface area contributed by atoms with Crippen molar-refractivity contribution in [3.63, 3.8) is 0 Å². The Balaban J connectivity index is 0.00000103. The van der Waals surface area contributed by atoms with Crippen LogP contribution in [0.1, 0.15) is 29.9 Å². The summed E-state index contributed by atoms with van der Waals surface area (Å²) in [5, 5.41) is 30.1. The zero-order valence-electron chi connectivity index (χ0n) is 21.4. The highest BCUT2D eigenvalue weighted by Gasteiger charge is 2.27. The van der Waals surface area contributed by atoms with Crippen molar-refractivity contribution in [2.75, 3.05) is 25.7 Å². The van der Waals surface area contributed by atoms with E-state index in [2.05, 4.69) is 25.6 Å². The van der Waals surface area contributed by atoms with Crippen molar-refractivity contribution in [2.24, 2.45) is 5.73 Å². The summed E-state index contributed by atoms with van der Waals surface area (Å²) >= 11 is 0. The largest absolute Gasteiger partial charge is 0.497 e. The van der Waals surface area contributed by atoms with Crippen molar-refractivity contribution in [1.82, 2.24) is 25.0 Å². The lowest BCUT2D eigenvalue weighted by Crippen LogP contribution is -2.18. The van der Waals surface area contributed by atoms with Crippen LogP contribution in [-0.2, 0) is 4.79 Å². The second-order valence-corrected chi connectivity index (χ2v) is 7.96. The number of anilines is 1. The Morgan fingerprint density at radius 2 is 1.98 bits per heavy atom. The van der Waals surface area contributed by atoms with Crippen molar-refractivity contribution in [1.29, 1.82) is 5.41 Å². The summed E-state index contributed by atoms with van der Waals surface area (Å²) in [6.07, 6.45) is 1.45. The number of rotatable bonds is 10. The van der Waals surface area contributed by atoms with Gasteiger partial charge in [0, 0.05) is 36.0 Å². The highest BCUT2D eigenvalue weighted by Crippen LogP contribution is 2.35. The van der Waals surface area contributed by atoms with Gasteiger partial charge >= 0.3 is 5.69 Å². The first-order chi connectivity index (χ1) is 19.1. The van der Waals surface area contributed by atoms with Crippen molar-refractivity contribution >= 4 is 17.5 Å². The molecule has 0 bridgehead atoms. The van der Waals surface area contributed by atoms with Crippen LogP contribution in [-0.4, -0.2) is 62.3 Å². The number of alkyl halides is 1. The van der Waals surface area contributed by atoms with Crippen LogP contribution < -0.4 is 26.2 Å². The average Bonchev–Trinajstić information content (AvgIpc) is 3.33. The molecule has 1 atom stereocenters. The van der Waals surface area contributed by atoms with Gasteiger partial charge in [0.25, 0.3) is 5.97 Å². The minimum Gasteiger partial charge on any atom is -0.497 e. The van der Waals surface area contributed by atoms with E-state index in [1.807, 2.05) is 0 Å². The van der Waals surface area contributed by atoms with E-state index in [-0.39, 0.29) is 41.1 Å². The van der Waals surface area contributed by atoms with E-state index in [0.29, 0.717) is 11.3 Å². The zero-order chi connectivity index (χ0) is 29.2. The third-order valence-corrected chi connectivity index (χ3v) is 5.11. The highest BCUT2D eigenvalue weighted by atomic mass is 19.1. The number of aliphatic carboxylic acids is 1. The summed E-state index contributed by atoms with van der Waals surface area (Å²) in [4.78, 5) is 24.3. The maximum absolute atomic E-state index is 15.6. The van der Waals surface area contributed by atoms with Gasteiger partial charge in [0.2, 0.25) is 0 Å². The molecule has 2 aromatic carbocycles. The maximum atomic E-state index is 15.6. The summed E-state index contributed by atoms with van der Waals surface area (Å²) in [7, 11) is 1.39. The van der Waals surface area contributed by atoms with Gasteiger partial charge in [-0.2, -0.15) is 9.78 Å². The number of nitrogens with zero attached hydrogens (tertiary/aromatic N) is 4. The predicted molar refractivity (Wildman–Crippen MR) is 140 cm³/mol. The fourth-order valence-electron chi connectivity index (χ4n) is 3.41. The SMILES string of the molecule is CC(=O)O.COc1cc(OCCF)c(F)c(C(Nc2ccc(C(=N)N)cc2)c2nn(-c3cccnn3)c(=O)[nH]2)c1. The van der Waals surface area contributed by atoms with Gasteiger partial charge in [-0.3, -0.25) is 15.2 Å². The molecule has 40 heavy (non-hydrogen) atoms. The molecule has 0 saturated carbocycles. The minimum absolute atomic E-state index is 0.0129. The Labute approximate surface area is 226 Å². The van der Waals surface area contributed by atoms with Crippen molar-refractivity contribution in [3.8, 4) is 17.3 Å². The molecule has 0 aliphatic heterocycles. The maximum Gasteiger partial charge on any atom is 0.349 e. The fourth-order valence-corrected chi connectivity index (χ4v) is 3.41. The number of carboxylic acid groups (broad SMARTS) is 1. The van der Waals surface area contributed by atoms with E-state index in [4.69, 9.17) is 30.5 Å². The summed E-state index contributed by atoms with van der Waals surface area (Å²) < 4.78 is 39.9. The molecule has 0 radical (unpaired) electrons. The number of aromatic amines is 1. The number of nitrogens with one attached hydrogen (secondary N) is 3. The molecule has 1 unspecified atom stereocenters. The zero-order valence-corrected chi connectivity index (χ0v) is 21.4. The smallest absolute Gasteiger partial charge is 0.349 e. The quantitative estimate of drug-likeness (QED) is 0.143. The number of halogens is 2. The van der Waals surface area contributed by atoms with E-state index in [0.717, 1.165) is 11.6 Å². The summed E-state index contributed by atoms with van der Waals surface area (Å²) in [5.41, 5.74) is 5.92. The molecule has 13 nitrogen and oxygen atoms in total. The van der Waals surface area contributed by atoms with Crippen LogP contribution in [0.3, 0.4) is 0 Å². The number of H-pyrrole nitrogens is 1. The lowest BCUT2D eigenvalue weighted by atomic mass is 10.0. The highest BCUT2D eigenvalue weighted by molar-refractivity contribution is 5.95. The van der Waals surface area contributed by atoms with Gasteiger partial charge in [0.15, 0.2) is 23.2 Å². The second-order valence-electron chi connectivity index (χ2n) is 7.96. The van der Waals surface area contributed by atoms with Gasteiger partial charge in [-0.1, -0.05) is 0 Å². The minimum atomic E-state index is -1.05. The van der Waals surface area contributed by atoms with E-state index >= 15 is 4.39 Å². The molecule has 6 N–H and O–H groups in total. The summed E-state index contributed by atoms with van der Waals surface area (Å²) in [6, 6.07) is 11.3. The molecule has 210 valence electrons. The third-order valence-electron chi connectivity index (χ3n) is 5.11. The monoisotopic (exact) mass is 556 g/mol. The van der Waals surface area contributed by atoms with E-state index in [1.54, 1.807) is 30.3 Å². The molecule has 0 fully saturated rings. The Morgan fingerprint density at radius 3 is 2.55 bits per heavy atom. The lowest BCUT2D eigenvalue weighted by molar-refractivity contribution is -0.134. The first-order valence-corrected chi connectivity index (χ1v) is 11.6. The summed E-state index contributed by atoms with van der Waals surface area (Å²) in [5.74, 6) is -1.51. The van der Waals surface area contributed by atoms with Crippen LogP contribution in [0.4, 0.5) is 14.5 Å². The molecule has 2 heterocycles. The number of benzene rings is 2. The van der Waals surface area contributed by atoms with Crippen molar-refractivity contribution < 1.29 is 28.2 Å². The van der Waals surface area contributed by atoms with Crippen molar-refractivity contribution in [2.45, 2.75) is 13.0 Å². The Hall–Kier alpha value is -5.34. The molecule has 2 aromatic heterocycles. The Kier molecular flexibility index (Phi) is 9.83. The number of carboxylic acids is 1. The number of nitrogens with two attached hydrogens (primary N) is 1. The molecule has 4 rings (SSSR count). The van der Waals surface area contributed by atoms with Gasteiger partial charge in [0.05, 0.1) is 7.11 Å². The van der Waals surface area contributed by atoms with E-state index in [1.165, 1.54) is 31.5 Å². The van der Waals surface area contributed by atoms with Gasteiger partial charge in [-0.05, 0) is 42.5 Å². The normalized spacial score (nSPS) is 11.1. The fraction of sp³-hybridized carbons (Fsp3) is 0.200. The van der Waals surface area contributed by atoms with Gasteiger partial charge in [0.1, 0.15) is 30.9 Å². The third kappa shape index (κ3) is 7.37. The molecule has 15 heteroatoms. The van der Waals surface area contributed by atoms with Crippen molar-refractivity contribution in [3.05, 3.63) is 88.0 Å². The van der Waals surface area contributed by atoms with Gasteiger partial charge < -0.3 is 25.6 Å². The molecule has 0 aliphatic rings. The van der Waals surface area contributed by atoms with E-state index < -0.39 is 30.2 Å². The average molecular weight is 557 g/mol. The first kappa shape index (κ1) is 29.2. The first-order valence-electron chi connectivity index (χ1n) is 11.6. The second kappa shape index (κ2) is 13.5. The van der Waals surface area contributed by atoms with Gasteiger partial charge in [-0.25, -0.2) is 13.6 Å². The molecule has 0 amide bonds. The van der Waals surface area contributed by atoms with Crippen LogP contribution in [0, 0.1) is 11.2 Å². The molecule has 0 aliphatic carbocycles. The Bertz CT molecular complexity index is 1510. The van der Waals surface area contributed by atoms with Gasteiger partial charge in [-0.15, -0.1) is 10.2 Å². The van der Waals surface area contributed by atoms with Crippen LogP contribution >= 0.6 is 0 Å². The number of carbonyl (C=O) groups is 1. The number of aromatic nitrogens is 5. The van der Waals surface area contributed by atoms with Crippen LogP contribution in [0.5, 0.6) is 11.5 Å². The number of hydrogen-bond donors (Lipinski definition) is 5. The van der Waals surface area contributed by atoms with Crippen LogP contribution in [0.25, 0.3) is 5.82 Å². The number of hydrogen-bond acceptors (Lipinski definition) is 9. The number of ether oxygens (including phenoxy) is 2. The topological polar surface area (TPSA) is 194 Å². The number of amidine groups is 1. The molecule has 0 saturated heterocycles. The number of methoxy groups -OCH3 is 1. The molecule has 4 aromatic rings. The summed E-state index contributed by atoms with van der Waals surface area (Å²) in [6.45, 7) is -0.0851.